The number of nitrogens with zero attached hydrogens (tertiary/aromatic N) is 2. The van der Waals surface area contributed by atoms with Gasteiger partial charge in [-0.2, -0.15) is 0 Å². The summed E-state index contributed by atoms with van der Waals surface area (Å²) in [6.45, 7) is 4.24. The summed E-state index contributed by atoms with van der Waals surface area (Å²) in [6.07, 6.45) is 4.94. The second-order valence-electron chi connectivity index (χ2n) is 3.49. The summed E-state index contributed by atoms with van der Waals surface area (Å²) in [5.74, 6) is 1.21. The van der Waals surface area contributed by atoms with Crippen LogP contribution in [0.4, 0.5) is 0 Å². The molecule has 0 bridgehead atoms. The van der Waals surface area contributed by atoms with Crippen LogP contribution in [0.3, 0.4) is 0 Å². The molecule has 0 aliphatic rings. The average Bonchev–Trinajstić information content (AvgIpc) is 2.71. The van der Waals surface area contributed by atoms with Crippen molar-refractivity contribution in [3.05, 3.63) is 36.6 Å². The van der Waals surface area contributed by atoms with Gasteiger partial charge in [-0.1, -0.05) is 13.8 Å². The number of oxazole rings is 1. The Balaban J connectivity index is 2.41. The van der Waals surface area contributed by atoms with Crippen LogP contribution in [-0.4, -0.2) is 9.97 Å². The van der Waals surface area contributed by atoms with Crippen molar-refractivity contribution in [2.45, 2.75) is 19.8 Å². The first-order valence-electron chi connectivity index (χ1n) is 4.62. The first-order valence-corrected chi connectivity index (χ1v) is 4.62. The summed E-state index contributed by atoms with van der Waals surface area (Å²) in [4.78, 5) is 8.17. The van der Waals surface area contributed by atoms with Crippen molar-refractivity contribution in [2.24, 2.45) is 0 Å². The van der Waals surface area contributed by atoms with Crippen LogP contribution in [0, 0.1) is 0 Å². The Kier molecular flexibility index (Phi) is 2.31. The van der Waals surface area contributed by atoms with Crippen LogP contribution in [0.2, 0.25) is 0 Å². The lowest BCUT2D eigenvalue weighted by atomic mass is 10.1. The number of hydrogen-bond acceptors (Lipinski definition) is 3. The average molecular weight is 188 g/mol. The Morgan fingerprint density at radius 3 is 2.86 bits per heavy atom. The molecule has 0 N–H and O–H groups in total. The third-order valence-corrected chi connectivity index (χ3v) is 2.09. The van der Waals surface area contributed by atoms with Crippen LogP contribution < -0.4 is 0 Å². The monoisotopic (exact) mass is 188 g/mol. The van der Waals surface area contributed by atoms with Crippen molar-refractivity contribution in [1.82, 2.24) is 9.97 Å². The van der Waals surface area contributed by atoms with Crippen molar-refractivity contribution < 1.29 is 4.42 Å². The van der Waals surface area contributed by atoms with Crippen molar-refractivity contribution >= 4 is 0 Å². The largest absolute Gasteiger partial charge is 0.444 e. The quantitative estimate of drug-likeness (QED) is 0.727. The van der Waals surface area contributed by atoms with Crippen LogP contribution in [0.15, 0.2) is 35.3 Å². The van der Waals surface area contributed by atoms with Gasteiger partial charge in [0, 0.05) is 17.5 Å². The summed E-state index contributed by atoms with van der Waals surface area (Å²) in [7, 11) is 0. The molecule has 3 heteroatoms. The lowest BCUT2D eigenvalue weighted by Gasteiger charge is -2.04. The molecule has 0 saturated heterocycles. The third kappa shape index (κ3) is 1.66. The summed E-state index contributed by atoms with van der Waals surface area (Å²) < 4.78 is 5.22. The molecule has 0 spiro atoms. The van der Waals surface area contributed by atoms with E-state index in [-0.39, 0.29) is 0 Å². The van der Waals surface area contributed by atoms with E-state index in [9.17, 15) is 0 Å². The van der Waals surface area contributed by atoms with E-state index in [0.29, 0.717) is 5.92 Å². The van der Waals surface area contributed by atoms with Crippen LogP contribution in [-0.2, 0) is 0 Å². The van der Waals surface area contributed by atoms with Crippen LogP contribution in [0.25, 0.3) is 11.3 Å². The topological polar surface area (TPSA) is 38.9 Å². The Bertz CT molecular complexity index is 407. The summed E-state index contributed by atoms with van der Waals surface area (Å²) in [5.41, 5.74) is 2.10. The molecule has 0 aliphatic carbocycles. The van der Waals surface area contributed by atoms with Gasteiger partial charge in [-0.05, 0) is 18.1 Å². The molecule has 0 amide bonds. The molecule has 2 aromatic heterocycles. The normalized spacial score (nSPS) is 10.8. The van der Waals surface area contributed by atoms with E-state index >= 15 is 0 Å². The molecule has 0 saturated carbocycles. The van der Waals surface area contributed by atoms with Crippen molar-refractivity contribution in [2.75, 3.05) is 0 Å². The second-order valence-corrected chi connectivity index (χ2v) is 3.49. The Morgan fingerprint density at radius 1 is 1.36 bits per heavy atom. The fourth-order valence-corrected chi connectivity index (χ4v) is 1.28. The summed E-state index contributed by atoms with van der Waals surface area (Å²) in [6, 6.07) is 3.96. The number of hydrogen-bond donors (Lipinski definition) is 0. The van der Waals surface area contributed by atoms with Gasteiger partial charge in [-0.25, -0.2) is 4.98 Å². The molecular formula is C11H12N2O. The molecule has 14 heavy (non-hydrogen) atoms. The lowest BCUT2D eigenvalue weighted by Crippen LogP contribution is -1.91. The molecule has 0 atom stereocenters. The predicted molar refractivity (Wildman–Crippen MR) is 53.8 cm³/mol. The zero-order valence-electron chi connectivity index (χ0n) is 8.27. The molecule has 3 nitrogen and oxygen atoms in total. The summed E-state index contributed by atoms with van der Waals surface area (Å²) in [5, 5.41) is 0. The second kappa shape index (κ2) is 3.62. The third-order valence-electron chi connectivity index (χ3n) is 2.09. The minimum Gasteiger partial charge on any atom is -0.444 e. The zero-order chi connectivity index (χ0) is 9.97. The number of rotatable bonds is 2. The zero-order valence-corrected chi connectivity index (χ0v) is 8.27. The van der Waals surface area contributed by atoms with E-state index in [1.807, 2.05) is 12.1 Å². The summed E-state index contributed by atoms with van der Waals surface area (Å²) >= 11 is 0. The van der Waals surface area contributed by atoms with Gasteiger partial charge in [0.15, 0.2) is 12.2 Å². The molecule has 0 radical (unpaired) electrons. The standard InChI is InChI=1S/C11H12N2O/c1-8(2)10-5-9(3-4-13-10)11-6-12-7-14-11/h3-8H,1-2H3. The SMILES string of the molecule is CC(C)c1cc(-c2cnco2)ccn1. The van der Waals surface area contributed by atoms with Gasteiger partial charge in [0.25, 0.3) is 0 Å². The van der Waals surface area contributed by atoms with Crippen molar-refractivity contribution in [3.8, 4) is 11.3 Å². The molecule has 0 aromatic carbocycles. The molecule has 72 valence electrons. The van der Waals surface area contributed by atoms with E-state index < -0.39 is 0 Å². The Labute approximate surface area is 82.8 Å². The van der Waals surface area contributed by atoms with Gasteiger partial charge in [0.1, 0.15) is 0 Å². The van der Waals surface area contributed by atoms with Gasteiger partial charge in [-0.15, -0.1) is 0 Å². The van der Waals surface area contributed by atoms with Gasteiger partial charge in [0.05, 0.1) is 6.20 Å². The molecular weight excluding hydrogens is 176 g/mol. The van der Waals surface area contributed by atoms with Crippen LogP contribution in [0.5, 0.6) is 0 Å². The molecule has 2 rings (SSSR count). The molecule has 0 unspecified atom stereocenters. The van der Waals surface area contributed by atoms with E-state index in [1.165, 1.54) is 6.39 Å². The highest BCUT2D eigenvalue weighted by Gasteiger charge is 2.05. The fraction of sp³-hybridized carbons (Fsp3) is 0.273. The maximum Gasteiger partial charge on any atom is 0.181 e. The molecule has 2 aromatic rings. The van der Waals surface area contributed by atoms with E-state index in [2.05, 4.69) is 23.8 Å². The minimum atomic E-state index is 0.429. The van der Waals surface area contributed by atoms with Gasteiger partial charge in [-0.3, -0.25) is 4.98 Å². The van der Waals surface area contributed by atoms with Crippen LogP contribution >= 0.6 is 0 Å². The number of pyridine rings is 1. The van der Waals surface area contributed by atoms with Gasteiger partial charge < -0.3 is 4.42 Å². The molecule has 0 aliphatic heterocycles. The smallest absolute Gasteiger partial charge is 0.181 e. The lowest BCUT2D eigenvalue weighted by molar-refractivity contribution is 0.571. The first-order chi connectivity index (χ1) is 6.77. The maximum absolute atomic E-state index is 5.22. The number of aromatic nitrogens is 2. The highest BCUT2D eigenvalue weighted by Crippen LogP contribution is 2.21. The highest BCUT2D eigenvalue weighted by atomic mass is 16.3. The Morgan fingerprint density at radius 2 is 2.21 bits per heavy atom. The first kappa shape index (κ1) is 8.94. The van der Waals surface area contributed by atoms with E-state index in [4.69, 9.17) is 4.42 Å². The predicted octanol–water partition coefficient (Wildman–Crippen LogP) is 2.86. The maximum atomic E-state index is 5.22. The highest BCUT2D eigenvalue weighted by molar-refractivity contribution is 5.56. The molecule has 0 fully saturated rings. The van der Waals surface area contributed by atoms with E-state index in [1.54, 1.807) is 12.4 Å². The van der Waals surface area contributed by atoms with Crippen LogP contribution in [0.1, 0.15) is 25.5 Å². The minimum absolute atomic E-state index is 0.429. The Hall–Kier alpha value is -1.64. The van der Waals surface area contributed by atoms with Gasteiger partial charge >= 0.3 is 0 Å². The van der Waals surface area contributed by atoms with Crippen molar-refractivity contribution in [3.63, 3.8) is 0 Å². The van der Waals surface area contributed by atoms with Crippen molar-refractivity contribution in [1.29, 1.82) is 0 Å². The fourth-order valence-electron chi connectivity index (χ4n) is 1.28. The van der Waals surface area contributed by atoms with E-state index in [0.717, 1.165) is 17.0 Å². The molecule has 2 heterocycles. The van der Waals surface area contributed by atoms with Gasteiger partial charge in [0.2, 0.25) is 0 Å².